The third-order valence-electron chi connectivity index (χ3n) is 4.99. The molecule has 1 heterocycles. The molecule has 0 unspecified atom stereocenters. The van der Waals surface area contributed by atoms with Crippen LogP contribution in [0, 0.1) is 11.8 Å². The van der Waals surface area contributed by atoms with Gasteiger partial charge in [0.2, 0.25) is 17.7 Å². The van der Waals surface area contributed by atoms with Crippen molar-refractivity contribution in [3.8, 4) is 0 Å². The number of benzene rings is 1. The standard InChI is InChI=1S/C20H29N3O3/c1-4-15(5-2)20(26)23-12-10-16(11-13-23)19(25)22-18-8-6-17(7-9-18)21-14(3)24/h6-9,15-16H,4-5,10-13H2,1-3H3,(H,21,24)(H,22,25). The van der Waals surface area contributed by atoms with Crippen LogP contribution in [0.2, 0.25) is 0 Å². The zero-order valence-electron chi connectivity index (χ0n) is 15.9. The quantitative estimate of drug-likeness (QED) is 0.818. The van der Waals surface area contributed by atoms with Crippen LogP contribution in [0.25, 0.3) is 0 Å². The number of likely N-dealkylation sites (tertiary alicyclic amines) is 1. The molecule has 0 atom stereocenters. The molecule has 1 fully saturated rings. The first-order valence-corrected chi connectivity index (χ1v) is 9.41. The lowest BCUT2D eigenvalue weighted by atomic mass is 9.93. The highest BCUT2D eigenvalue weighted by Gasteiger charge is 2.29. The van der Waals surface area contributed by atoms with Crippen molar-refractivity contribution in [1.82, 2.24) is 4.90 Å². The van der Waals surface area contributed by atoms with Crippen LogP contribution in [0.3, 0.4) is 0 Å². The Morgan fingerprint density at radius 3 is 1.96 bits per heavy atom. The summed E-state index contributed by atoms with van der Waals surface area (Å²) in [5.41, 5.74) is 1.41. The number of hydrogen-bond donors (Lipinski definition) is 2. The molecule has 0 saturated carbocycles. The molecule has 0 radical (unpaired) electrons. The lowest BCUT2D eigenvalue weighted by Crippen LogP contribution is -2.43. The predicted octanol–water partition coefficient (Wildman–Crippen LogP) is 3.26. The van der Waals surface area contributed by atoms with Crippen molar-refractivity contribution in [2.75, 3.05) is 23.7 Å². The molecule has 2 rings (SSSR count). The van der Waals surface area contributed by atoms with Gasteiger partial charge in [-0.3, -0.25) is 14.4 Å². The number of carbonyl (C=O) groups is 3. The number of nitrogens with one attached hydrogen (secondary N) is 2. The summed E-state index contributed by atoms with van der Waals surface area (Å²) in [6.45, 7) is 6.84. The van der Waals surface area contributed by atoms with Crippen LogP contribution < -0.4 is 10.6 Å². The minimum absolute atomic E-state index is 0.00749. The summed E-state index contributed by atoms with van der Waals surface area (Å²) >= 11 is 0. The molecule has 1 aromatic carbocycles. The highest BCUT2D eigenvalue weighted by molar-refractivity contribution is 5.93. The lowest BCUT2D eigenvalue weighted by Gasteiger charge is -2.33. The van der Waals surface area contributed by atoms with Gasteiger partial charge < -0.3 is 15.5 Å². The van der Waals surface area contributed by atoms with Gasteiger partial charge in [0.05, 0.1) is 0 Å². The van der Waals surface area contributed by atoms with Crippen molar-refractivity contribution in [2.45, 2.75) is 46.5 Å². The van der Waals surface area contributed by atoms with Crippen LogP contribution in [0.4, 0.5) is 11.4 Å². The van der Waals surface area contributed by atoms with Crippen molar-refractivity contribution in [1.29, 1.82) is 0 Å². The van der Waals surface area contributed by atoms with Gasteiger partial charge in [0.25, 0.3) is 0 Å². The fourth-order valence-corrected chi connectivity index (χ4v) is 3.34. The molecule has 0 aliphatic carbocycles. The molecule has 6 nitrogen and oxygen atoms in total. The summed E-state index contributed by atoms with van der Waals surface area (Å²) in [6, 6.07) is 7.06. The van der Waals surface area contributed by atoms with Crippen LogP contribution in [-0.4, -0.2) is 35.7 Å². The molecule has 1 aliphatic heterocycles. The van der Waals surface area contributed by atoms with Crippen molar-refractivity contribution < 1.29 is 14.4 Å². The summed E-state index contributed by atoms with van der Waals surface area (Å²) < 4.78 is 0. The summed E-state index contributed by atoms with van der Waals surface area (Å²) in [6.07, 6.45) is 3.12. The molecule has 1 saturated heterocycles. The molecule has 3 amide bonds. The molecule has 26 heavy (non-hydrogen) atoms. The minimum atomic E-state index is -0.128. The van der Waals surface area contributed by atoms with Gasteiger partial charge in [-0.2, -0.15) is 0 Å². The number of piperidine rings is 1. The Morgan fingerprint density at radius 1 is 1.00 bits per heavy atom. The number of nitrogens with zero attached hydrogens (tertiary/aromatic N) is 1. The summed E-state index contributed by atoms with van der Waals surface area (Å²) in [5, 5.41) is 5.62. The predicted molar refractivity (Wildman–Crippen MR) is 103 cm³/mol. The van der Waals surface area contributed by atoms with E-state index in [0.717, 1.165) is 12.8 Å². The number of rotatable bonds is 6. The van der Waals surface area contributed by atoms with E-state index in [-0.39, 0.29) is 29.6 Å². The number of amides is 3. The molecule has 1 aliphatic rings. The summed E-state index contributed by atoms with van der Waals surface area (Å²) in [4.78, 5) is 37.8. The van der Waals surface area contributed by atoms with Crippen molar-refractivity contribution in [3.63, 3.8) is 0 Å². The first-order valence-electron chi connectivity index (χ1n) is 9.41. The fourth-order valence-electron chi connectivity index (χ4n) is 3.34. The van der Waals surface area contributed by atoms with Gasteiger partial charge in [-0.25, -0.2) is 0 Å². The number of hydrogen-bond acceptors (Lipinski definition) is 3. The van der Waals surface area contributed by atoms with Crippen LogP contribution in [0.1, 0.15) is 46.5 Å². The second-order valence-corrected chi connectivity index (χ2v) is 6.86. The molecule has 0 bridgehead atoms. The highest BCUT2D eigenvalue weighted by atomic mass is 16.2. The average molecular weight is 359 g/mol. The molecule has 1 aromatic rings. The fraction of sp³-hybridized carbons (Fsp3) is 0.550. The maximum absolute atomic E-state index is 12.5. The topological polar surface area (TPSA) is 78.5 Å². The normalized spacial score (nSPS) is 15.0. The molecule has 0 spiro atoms. The van der Waals surface area contributed by atoms with Gasteiger partial charge in [0.15, 0.2) is 0 Å². The third kappa shape index (κ3) is 5.31. The first-order chi connectivity index (χ1) is 12.4. The second-order valence-electron chi connectivity index (χ2n) is 6.86. The highest BCUT2D eigenvalue weighted by Crippen LogP contribution is 2.23. The largest absolute Gasteiger partial charge is 0.342 e. The Kier molecular flexibility index (Phi) is 7.18. The third-order valence-corrected chi connectivity index (χ3v) is 4.99. The van der Waals surface area contributed by atoms with Gasteiger partial charge in [-0.1, -0.05) is 13.8 Å². The molecular formula is C20H29N3O3. The Balaban J connectivity index is 1.84. The molecule has 6 heteroatoms. The minimum Gasteiger partial charge on any atom is -0.342 e. The van der Waals surface area contributed by atoms with Crippen LogP contribution in [0.5, 0.6) is 0 Å². The van der Waals surface area contributed by atoms with Crippen LogP contribution in [-0.2, 0) is 14.4 Å². The average Bonchev–Trinajstić information content (AvgIpc) is 2.64. The number of anilines is 2. The molecule has 2 N–H and O–H groups in total. The van der Waals surface area contributed by atoms with Gasteiger partial charge in [0, 0.05) is 43.2 Å². The smallest absolute Gasteiger partial charge is 0.227 e. The van der Waals surface area contributed by atoms with Crippen molar-refractivity contribution in [2.24, 2.45) is 11.8 Å². The van der Waals surface area contributed by atoms with Gasteiger partial charge in [-0.05, 0) is 49.9 Å². The van der Waals surface area contributed by atoms with E-state index in [1.165, 1.54) is 6.92 Å². The van der Waals surface area contributed by atoms with Crippen molar-refractivity contribution in [3.05, 3.63) is 24.3 Å². The summed E-state index contributed by atoms with van der Waals surface area (Å²) in [7, 11) is 0. The van der Waals surface area contributed by atoms with Gasteiger partial charge in [0.1, 0.15) is 0 Å². The van der Waals surface area contributed by atoms with E-state index in [2.05, 4.69) is 10.6 Å². The first kappa shape index (κ1) is 19.9. The van der Waals surface area contributed by atoms with E-state index >= 15 is 0 Å². The van der Waals surface area contributed by atoms with Crippen molar-refractivity contribution >= 4 is 29.1 Å². The Bertz CT molecular complexity index is 630. The number of carbonyl (C=O) groups excluding carboxylic acids is 3. The monoisotopic (exact) mass is 359 g/mol. The van der Waals surface area contributed by atoms with E-state index in [4.69, 9.17) is 0 Å². The molecule has 142 valence electrons. The maximum atomic E-state index is 12.5. The Morgan fingerprint density at radius 2 is 1.50 bits per heavy atom. The van der Waals surface area contributed by atoms with E-state index in [1.54, 1.807) is 24.3 Å². The van der Waals surface area contributed by atoms with E-state index in [9.17, 15) is 14.4 Å². The maximum Gasteiger partial charge on any atom is 0.227 e. The Labute approximate surface area is 155 Å². The van der Waals surface area contributed by atoms with Crippen LogP contribution in [0.15, 0.2) is 24.3 Å². The molecular weight excluding hydrogens is 330 g/mol. The Hall–Kier alpha value is -2.37. The van der Waals surface area contributed by atoms with E-state index in [1.807, 2.05) is 18.7 Å². The summed E-state index contributed by atoms with van der Waals surface area (Å²) in [5.74, 6) is 0.115. The SMILES string of the molecule is CCC(CC)C(=O)N1CCC(C(=O)Nc2ccc(NC(C)=O)cc2)CC1. The van der Waals surface area contributed by atoms with E-state index < -0.39 is 0 Å². The van der Waals surface area contributed by atoms with Gasteiger partial charge in [-0.15, -0.1) is 0 Å². The zero-order chi connectivity index (χ0) is 19.1. The zero-order valence-corrected chi connectivity index (χ0v) is 15.9. The van der Waals surface area contributed by atoms with Gasteiger partial charge >= 0.3 is 0 Å². The lowest BCUT2D eigenvalue weighted by molar-refractivity contribution is -0.138. The molecule has 0 aromatic heterocycles. The van der Waals surface area contributed by atoms with Crippen LogP contribution >= 0.6 is 0 Å². The second kappa shape index (κ2) is 9.36. The van der Waals surface area contributed by atoms with E-state index in [0.29, 0.717) is 37.3 Å².